The van der Waals surface area contributed by atoms with Gasteiger partial charge in [0.2, 0.25) is 0 Å². The van der Waals surface area contributed by atoms with Crippen molar-refractivity contribution in [3.05, 3.63) is 32.4 Å². The highest BCUT2D eigenvalue weighted by Crippen LogP contribution is 2.45. The third-order valence-electron chi connectivity index (χ3n) is 5.03. The zero-order valence-electron chi connectivity index (χ0n) is 13.6. The number of hydrogen-bond donors (Lipinski definition) is 1. The van der Waals surface area contributed by atoms with Gasteiger partial charge in [0.05, 0.1) is 7.11 Å². The van der Waals surface area contributed by atoms with Crippen molar-refractivity contribution in [2.75, 3.05) is 20.2 Å². The van der Waals surface area contributed by atoms with Crippen molar-refractivity contribution in [2.24, 2.45) is 0 Å². The van der Waals surface area contributed by atoms with E-state index in [4.69, 9.17) is 9.57 Å². The Bertz CT molecular complexity index is 602. The van der Waals surface area contributed by atoms with Gasteiger partial charge in [-0.25, -0.2) is 0 Å². The molecule has 0 bridgehead atoms. The largest absolute Gasteiger partial charge is 0.456 e. The lowest BCUT2D eigenvalue weighted by molar-refractivity contribution is -0.192. The molecule has 0 aliphatic carbocycles. The van der Waals surface area contributed by atoms with Crippen molar-refractivity contribution in [1.29, 1.82) is 0 Å². The molecule has 1 spiro atoms. The lowest BCUT2D eigenvalue weighted by atomic mass is 9.79. The average molecular weight is 431 g/mol. The molecule has 2 aliphatic rings. The molecule has 1 aromatic carbocycles. The molecule has 2 unspecified atom stereocenters. The number of piperidine rings is 1. The van der Waals surface area contributed by atoms with E-state index < -0.39 is 17.6 Å². The maximum absolute atomic E-state index is 12.6. The molecule has 5 nitrogen and oxygen atoms in total. The van der Waals surface area contributed by atoms with Gasteiger partial charge in [-0.05, 0) is 59.2 Å². The van der Waals surface area contributed by atoms with Crippen LogP contribution in [0.2, 0.25) is 0 Å². The fourth-order valence-electron chi connectivity index (χ4n) is 3.80. The number of nitrogens with zero attached hydrogens (tertiary/aromatic N) is 1. The average Bonchev–Trinajstić information content (AvgIpc) is 2.72. The van der Waals surface area contributed by atoms with E-state index in [2.05, 4.69) is 28.7 Å². The molecule has 2 fully saturated rings. The zero-order valence-corrected chi connectivity index (χ0v) is 15.8. The number of halogens is 1. The SMILES string of the molecule is CON1CCC2(CC1)OC(=O)C(c1c(C)cc(C)cc1I)C2O. The summed E-state index contributed by atoms with van der Waals surface area (Å²) < 4.78 is 6.73. The number of aliphatic hydroxyl groups excluding tert-OH is 1. The van der Waals surface area contributed by atoms with Gasteiger partial charge in [-0.3, -0.25) is 4.79 Å². The van der Waals surface area contributed by atoms with Gasteiger partial charge in [0.1, 0.15) is 17.6 Å². The first-order chi connectivity index (χ1) is 10.9. The van der Waals surface area contributed by atoms with Gasteiger partial charge in [-0.1, -0.05) is 6.07 Å². The Kier molecular flexibility index (Phi) is 4.70. The second-order valence-electron chi connectivity index (χ2n) is 6.50. The Morgan fingerprint density at radius 1 is 1.35 bits per heavy atom. The molecule has 2 saturated heterocycles. The molecule has 23 heavy (non-hydrogen) atoms. The molecule has 0 aromatic heterocycles. The van der Waals surface area contributed by atoms with Crippen molar-refractivity contribution in [3.8, 4) is 0 Å². The van der Waals surface area contributed by atoms with Crippen LogP contribution in [0.1, 0.15) is 35.4 Å². The molecule has 0 radical (unpaired) electrons. The summed E-state index contributed by atoms with van der Waals surface area (Å²) in [6.07, 6.45) is 0.362. The van der Waals surface area contributed by atoms with Gasteiger partial charge in [-0.2, -0.15) is 5.06 Å². The summed E-state index contributed by atoms with van der Waals surface area (Å²) in [7, 11) is 1.63. The Labute approximate surface area is 150 Å². The number of aliphatic hydroxyl groups is 1. The molecule has 2 aliphatic heterocycles. The predicted molar refractivity (Wildman–Crippen MR) is 94.0 cm³/mol. The Balaban J connectivity index is 1.93. The molecule has 6 heteroatoms. The minimum Gasteiger partial charge on any atom is -0.456 e. The smallest absolute Gasteiger partial charge is 0.316 e. The van der Waals surface area contributed by atoms with E-state index in [9.17, 15) is 9.90 Å². The third kappa shape index (κ3) is 2.90. The lowest BCUT2D eigenvalue weighted by Gasteiger charge is -2.39. The fourth-order valence-corrected chi connectivity index (χ4v) is 5.05. The standard InChI is InChI=1S/C17H22INO4/c1-10-8-11(2)13(12(18)9-10)14-15(20)17(23-16(14)21)4-6-19(22-3)7-5-17/h8-9,14-15,20H,4-7H2,1-3H3. The first kappa shape index (κ1) is 17.1. The minimum atomic E-state index is -0.816. The van der Waals surface area contributed by atoms with Crippen LogP contribution in [0.4, 0.5) is 0 Å². The van der Waals surface area contributed by atoms with E-state index in [1.807, 2.05) is 25.0 Å². The van der Waals surface area contributed by atoms with Gasteiger partial charge >= 0.3 is 5.97 Å². The van der Waals surface area contributed by atoms with Crippen LogP contribution in [0.5, 0.6) is 0 Å². The summed E-state index contributed by atoms with van der Waals surface area (Å²) >= 11 is 2.24. The molecular weight excluding hydrogens is 409 g/mol. The predicted octanol–water partition coefficient (Wildman–Crippen LogP) is 2.31. The summed E-state index contributed by atoms with van der Waals surface area (Å²) in [4.78, 5) is 17.8. The highest BCUT2D eigenvalue weighted by molar-refractivity contribution is 14.1. The van der Waals surface area contributed by atoms with Crippen LogP contribution >= 0.6 is 22.6 Å². The molecule has 0 amide bonds. The monoisotopic (exact) mass is 431 g/mol. The quantitative estimate of drug-likeness (QED) is 0.576. The number of ether oxygens (including phenoxy) is 1. The van der Waals surface area contributed by atoms with Crippen LogP contribution in [-0.4, -0.2) is 48.0 Å². The number of carbonyl (C=O) groups is 1. The van der Waals surface area contributed by atoms with E-state index in [0.717, 1.165) is 20.3 Å². The summed E-state index contributed by atoms with van der Waals surface area (Å²) in [6, 6.07) is 4.09. The first-order valence-electron chi connectivity index (χ1n) is 7.84. The molecule has 0 saturated carbocycles. The Morgan fingerprint density at radius 2 is 2.00 bits per heavy atom. The van der Waals surface area contributed by atoms with Crippen LogP contribution in [0.3, 0.4) is 0 Å². The second kappa shape index (κ2) is 6.31. The van der Waals surface area contributed by atoms with Gasteiger partial charge < -0.3 is 14.7 Å². The highest BCUT2D eigenvalue weighted by atomic mass is 127. The molecular formula is C17H22INO4. The maximum Gasteiger partial charge on any atom is 0.316 e. The topological polar surface area (TPSA) is 59.0 Å². The molecule has 126 valence electrons. The zero-order chi connectivity index (χ0) is 16.8. The summed E-state index contributed by atoms with van der Waals surface area (Å²) in [6.45, 7) is 5.32. The summed E-state index contributed by atoms with van der Waals surface area (Å²) in [5.74, 6) is -0.912. The normalized spacial score (nSPS) is 27.4. The van der Waals surface area contributed by atoms with Crippen molar-refractivity contribution < 1.29 is 19.5 Å². The molecule has 3 rings (SSSR count). The molecule has 2 heterocycles. The number of esters is 1. The van der Waals surface area contributed by atoms with Gasteiger partial charge in [0.15, 0.2) is 0 Å². The van der Waals surface area contributed by atoms with E-state index in [-0.39, 0.29) is 5.97 Å². The fraction of sp³-hybridized carbons (Fsp3) is 0.588. The second-order valence-corrected chi connectivity index (χ2v) is 7.66. The summed E-state index contributed by atoms with van der Waals surface area (Å²) in [5.41, 5.74) is 2.30. The van der Waals surface area contributed by atoms with Gasteiger partial charge in [0, 0.05) is 29.5 Å². The van der Waals surface area contributed by atoms with Crippen LogP contribution in [0.15, 0.2) is 12.1 Å². The number of hydroxylamine groups is 2. The van der Waals surface area contributed by atoms with E-state index >= 15 is 0 Å². The van der Waals surface area contributed by atoms with Crippen molar-refractivity contribution in [3.63, 3.8) is 0 Å². The van der Waals surface area contributed by atoms with Gasteiger partial charge in [0.25, 0.3) is 0 Å². The van der Waals surface area contributed by atoms with Crippen molar-refractivity contribution in [2.45, 2.75) is 44.3 Å². The Morgan fingerprint density at radius 3 is 2.57 bits per heavy atom. The number of rotatable bonds is 2. The number of carbonyl (C=O) groups excluding carboxylic acids is 1. The maximum atomic E-state index is 12.6. The van der Waals surface area contributed by atoms with Crippen LogP contribution < -0.4 is 0 Å². The van der Waals surface area contributed by atoms with Crippen LogP contribution in [0.25, 0.3) is 0 Å². The Hall–Kier alpha value is -0.700. The minimum absolute atomic E-state index is 0.312. The molecule has 2 atom stereocenters. The third-order valence-corrected chi connectivity index (χ3v) is 5.92. The summed E-state index contributed by atoms with van der Waals surface area (Å²) in [5, 5.41) is 12.8. The first-order valence-corrected chi connectivity index (χ1v) is 8.92. The number of benzene rings is 1. The molecule has 1 N–H and O–H groups in total. The van der Waals surface area contributed by atoms with Crippen LogP contribution in [-0.2, 0) is 14.4 Å². The van der Waals surface area contributed by atoms with Gasteiger partial charge in [-0.15, -0.1) is 0 Å². The number of hydrogen-bond acceptors (Lipinski definition) is 5. The highest BCUT2D eigenvalue weighted by Gasteiger charge is 2.57. The van der Waals surface area contributed by atoms with Crippen LogP contribution in [0, 0.1) is 17.4 Å². The van der Waals surface area contributed by atoms with E-state index in [0.29, 0.717) is 25.9 Å². The van der Waals surface area contributed by atoms with Crippen molar-refractivity contribution in [1.82, 2.24) is 5.06 Å². The lowest BCUT2D eigenvalue weighted by Crippen LogP contribution is -2.50. The van der Waals surface area contributed by atoms with E-state index in [1.54, 1.807) is 7.11 Å². The van der Waals surface area contributed by atoms with E-state index in [1.165, 1.54) is 0 Å². The molecule has 1 aromatic rings. The number of aryl methyl sites for hydroxylation is 2. The van der Waals surface area contributed by atoms with Crippen molar-refractivity contribution >= 4 is 28.6 Å².